The van der Waals surface area contributed by atoms with Gasteiger partial charge in [0.2, 0.25) is 10.0 Å². The zero-order chi connectivity index (χ0) is 10.8. The van der Waals surface area contributed by atoms with E-state index in [-0.39, 0.29) is 0 Å². The van der Waals surface area contributed by atoms with E-state index in [0.717, 1.165) is 12.8 Å². The van der Waals surface area contributed by atoms with Crippen molar-refractivity contribution in [3.05, 3.63) is 0 Å². The Morgan fingerprint density at radius 3 is 2.71 bits per heavy atom. The van der Waals surface area contributed by atoms with E-state index in [0.29, 0.717) is 19.0 Å². The van der Waals surface area contributed by atoms with E-state index in [1.54, 1.807) is 6.07 Å². The van der Waals surface area contributed by atoms with Crippen LogP contribution in [0.5, 0.6) is 0 Å². The summed E-state index contributed by atoms with van der Waals surface area (Å²) in [6.07, 6.45) is 1.93. The van der Waals surface area contributed by atoms with Crippen molar-refractivity contribution in [3.63, 3.8) is 0 Å². The summed E-state index contributed by atoms with van der Waals surface area (Å²) >= 11 is 0. The molecule has 4 nitrogen and oxygen atoms in total. The van der Waals surface area contributed by atoms with Gasteiger partial charge in [0.25, 0.3) is 0 Å². The first kappa shape index (κ1) is 11.5. The number of rotatable bonds is 3. The van der Waals surface area contributed by atoms with E-state index in [9.17, 15) is 8.42 Å². The molecule has 0 spiro atoms. The Morgan fingerprint density at radius 1 is 1.64 bits per heavy atom. The minimum atomic E-state index is -3.36. The molecule has 1 heterocycles. The molecule has 1 rings (SSSR count). The van der Waals surface area contributed by atoms with Crippen LogP contribution >= 0.6 is 0 Å². The van der Waals surface area contributed by atoms with Crippen molar-refractivity contribution in [1.82, 2.24) is 4.31 Å². The Bertz CT molecular complexity index is 331. The maximum atomic E-state index is 11.7. The van der Waals surface area contributed by atoms with Crippen molar-refractivity contribution in [2.45, 2.75) is 31.9 Å². The molecule has 0 aromatic heterocycles. The van der Waals surface area contributed by atoms with Crippen LogP contribution in [0.1, 0.15) is 26.7 Å². The molecule has 0 radical (unpaired) electrons. The Kier molecular flexibility index (Phi) is 3.51. The number of hydrogen-bond acceptors (Lipinski definition) is 3. The van der Waals surface area contributed by atoms with Gasteiger partial charge < -0.3 is 0 Å². The lowest BCUT2D eigenvalue weighted by atomic mass is 10.1. The van der Waals surface area contributed by atoms with Gasteiger partial charge in [-0.05, 0) is 19.3 Å². The fraction of sp³-hybridized carbons (Fsp3) is 0.889. The Hall–Kier alpha value is -0.600. The summed E-state index contributed by atoms with van der Waals surface area (Å²) in [5, 5.41) is 7.68. The van der Waals surface area contributed by atoms with Crippen LogP contribution in [0, 0.1) is 17.2 Å². The summed E-state index contributed by atoms with van der Waals surface area (Å²) in [6.45, 7) is 4.67. The zero-order valence-electron chi connectivity index (χ0n) is 8.60. The molecular weight excluding hydrogens is 200 g/mol. The highest BCUT2D eigenvalue weighted by Gasteiger charge is 2.34. The lowest BCUT2D eigenvalue weighted by Gasteiger charge is -2.17. The number of nitrogens with zero attached hydrogens (tertiary/aromatic N) is 2. The molecule has 0 N–H and O–H groups in total. The average molecular weight is 216 g/mol. The summed E-state index contributed by atoms with van der Waals surface area (Å²) in [6, 6.07) is 1.79. The smallest absolute Gasteiger partial charge is 0.211 e. The highest BCUT2D eigenvalue weighted by molar-refractivity contribution is 7.89. The number of sulfonamides is 1. The van der Waals surface area contributed by atoms with Gasteiger partial charge in [0.05, 0.1) is 6.07 Å². The molecular formula is C9H16N2O2S. The van der Waals surface area contributed by atoms with Crippen LogP contribution < -0.4 is 0 Å². The fourth-order valence-corrected chi connectivity index (χ4v) is 3.01. The second-order valence-electron chi connectivity index (χ2n) is 3.74. The van der Waals surface area contributed by atoms with Gasteiger partial charge in [-0.15, -0.1) is 0 Å². The first-order valence-corrected chi connectivity index (χ1v) is 6.41. The van der Waals surface area contributed by atoms with Crippen LogP contribution in [0.4, 0.5) is 0 Å². The van der Waals surface area contributed by atoms with Crippen LogP contribution in [0.15, 0.2) is 0 Å². The molecule has 0 bridgehead atoms. The Balaban J connectivity index is 2.73. The molecule has 0 aromatic rings. The SMILES string of the molecule is CCC1CCN(S(=O)(=O)C(C)C#N)C1. The van der Waals surface area contributed by atoms with Crippen molar-refractivity contribution in [3.8, 4) is 6.07 Å². The van der Waals surface area contributed by atoms with E-state index in [4.69, 9.17) is 5.26 Å². The Morgan fingerprint density at radius 2 is 2.29 bits per heavy atom. The highest BCUT2D eigenvalue weighted by atomic mass is 32.2. The third kappa shape index (κ3) is 2.07. The first-order valence-electron chi connectivity index (χ1n) is 4.91. The summed E-state index contributed by atoms with van der Waals surface area (Å²) in [5.41, 5.74) is 0. The first-order chi connectivity index (χ1) is 6.52. The molecule has 14 heavy (non-hydrogen) atoms. The van der Waals surface area contributed by atoms with Gasteiger partial charge in [-0.3, -0.25) is 0 Å². The molecule has 5 heteroatoms. The third-order valence-electron chi connectivity index (χ3n) is 2.81. The molecule has 0 saturated carbocycles. The van der Waals surface area contributed by atoms with Gasteiger partial charge in [-0.25, -0.2) is 12.7 Å². The number of nitriles is 1. The van der Waals surface area contributed by atoms with Gasteiger partial charge in [0, 0.05) is 13.1 Å². The van der Waals surface area contributed by atoms with Gasteiger partial charge in [-0.2, -0.15) is 5.26 Å². The molecule has 1 aliphatic rings. The predicted octanol–water partition coefficient (Wildman–Crippen LogP) is 0.960. The average Bonchev–Trinajstić information content (AvgIpc) is 2.65. The fourth-order valence-electron chi connectivity index (χ4n) is 1.65. The van der Waals surface area contributed by atoms with Crippen LogP contribution in [-0.2, 0) is 10.0 Å². The van der Waals surface area contributed by atoms with Crippen LogP contribution in [-0.4, -0.2) is 31.1 Å². The van der Waals surface area contributed by atoms with Crippen molar-refractivity contribution >= 4 is 10.0 Å². The van der Waals surface area contributed by atoms with Crippen LogP contribution in [0.25, 0.3) is 0 Å². The zero-order valence-corrected chi connectivity index (χ0v) is 9.42. The van der Waals surface area contributed by atoms with Crippen molar-refractivity contribution in [2.75, 3.05) is 13.1 Å². The lowest BCUT2D eigenvalue weighted by Crippen LogP contribution is -2.35. The molecule has 2 unspecified atom stereocenters. The largest absolute Gasteiger partial charge is 0.230 e. The summed E-state index contributed by atoms with van der Waals surface area (Å²) < 4.78 is 24.9. The molecule has 1 saturated heterocycles. The molecule has 80 valence electrons. The van der Waals surface area contributed by atoms with Crippen molar-refractivity contribution in [1.29, 1.82) is 5.26 Å². The highest BCUT2D eigenvalue weighted by Crippen LogP contribution is 2.23. The molecule has 1 aliphatic heterocycles. The maximum absolute atomic E-state index is 11.7. The van der Waals surface area contributed by atoms with E-state index in [1.807, 2.05) is 0 Å². The minimum absolute atomic E-state index is 0.468. The minimum Gasteiger partial charge on any atom is -0.211 e. The van der Waals surface area contributed by atoms with E-state index in [2.05, 4.69) is 6.92 Å². The van der Waals surface area contributed by atoms with E-state index >= 15 is 0 Å². The number of hydrogen-bond donors (Lipinski definition) is 0. The lowest BCUT2D eigenvalue weighted by molar-refractivity contribution is 0.450. The summed E-state index contributed by atoms with van der Waals surface area (Å²) in [5.74, 6) is 0.468. The monoisotopic (exact) mass is 216 g/mol. The summed E-state index contributed by atoms with van der Waals surface area (Å²) in [4.78, 5) is 0. The van der Waals surface area contributed by atoms with Crippen molar-refractivity contribution in [2.24, 2.45) is 5.92 Å². The second-order valence-corrected chi connectivity index (χ2v) is 5.99. The molecule has 1 fully saturated rings. The second kappa shape index (κ2) is 4.28. The quantitative estimate of drug-likeness (QED) is 0.706. The van der Waals surface area contributed by atoms with Crippen molar-refractivity contribution < 1.29 is 8.42 Å². The predicted molar refractivity (Wildman–Crippen MR) is 54.0 cm³/mol. The van der Waals surface area contributed by atoms with Gasteiger partial charge in [-0.1, -0.05) is 13.3 Å². The van der Waals surface area contributed by atoms with Crippen LogP contribution in [0.3, 0.4) is 0 Å². The van der Waals surface area contributed by atoms with Crippen LogP contribution in [0.2, 0.25) is 0 Å². The maximum Gasteiger partial charge on any atom is 0.230 e. The molecule has 0 amide bonds. The van der Waals surface area contributed by atoms with Gasteiger partial charge >= 0.3 is 0 Å². The third-order valence-corrected chi connectivity index (χ3v) is 4.86. The van der Waals surface area contributed by atoms with E-state index in [1.165, 1.54) is 11.2 Å². The van der Waals surface area contributed by atoms with Gasteiger partial charge in [0.15, 0.2) is 5.25 Å². The van der Waals surface area contributed by atoms with Gasteiger partial charge in [0.1, 0.15) is 0 Å². The normalized spacial score (nSPS) is 25.9. The molecule has 0 aliphatic carbocycles. The summed E-state index contributed by atoms with van der Waals surface area (Å²) in [7, 11) is -3.36. The Labute approximate surface area is 85.6 Å². The standard InChI is InChI=1S/C9H16N2O2S/c1-3-9-4-5-11(7-9)14(12,13)8(2)6-10/h8-9H,3-5,7H2,1-2H3. The molecule has 0 aromatic carbocycles. The molecule has 2 atom stereocenters. The topological polar surface area (TPSA) is 61.2 Å². The van der Waals surface area contributed by atoms with E-state index < -0.39 is 15.3 Å².